The number of benzene rings is 3. The van der Waals surface area contributed by atoms with Crippen molar-refractivity contribution in [3.8, 4) is 5.75 Å². The van der Waals surface area contributed by atoms with E-state index < -0.39 is 5.97 Å². The summed E-state index contributed by atoms with van der Waals surface area (Å²) in [6, 6.07) is 21.1. The Bertz CT molecular complexity index is 991. The quantitative estimate of drug-likeness (QED) is 0.183. The first-order chi connectivity index (χ1) is 13.0. The highest BCUT2D eigenvalue weighted by Crippen LogP contribution is 2.18. The van der Waals surface area contributed by atoms with E-state index >= 15 is 0 Å². The molecule has 0 aliphatic heterocycles. The minimum atomic E-state index is -0.436. The molecule has 0 spiro atoms. The van der Waals surface area contributed by atoms with Gasteiger partial charge in [-0.1, -0.05) is 50.1 Å². The fraction of sp³-hybridized carbons (Fsp3) is 0. The van der Waals surface area contributed by atoms with E-state index in [1.165, 1.54) is 6.08 Å². The summed E-state index contributed by atoms with van der Waals surface area (Å²) in [4.78, 5) is 24.4. The van der Waals surface area contributed by atoms with Crippen LogP contribution in [0.25, 0.3) is 6.08 Å². The normalized spacial score (nSPS) is 10.7. The lowest BCUT2D eigenvalue weighted by molar-refractivity contribution is 0.0734. The Morgan fingerprint density at radius 1 is 0.778 bits per heavy atom. The molecule has 0 aromatic heterocycles. The summed E-state index contributed by atoms with van der Waals surface area (Å²) < 4.78 is 7.22. The summed E-state index contributed by atoms with van der Waals surface area (Å²) in [6.07, 6.45) is 3.19. The Labute approximate surface area is 173 Å². The first-order valence-corrected chi connectivity index (χ1v) is 9.66. The minimum Gasteiger partial charge on any atom is -0.423 e. The summed E-state index contributed by atoms with van der Waals surface area (Å²) in [5, 5.41) is 0. The summed E-state index contributed by atoms with van der Waals surface area (Å²) in [7, 11) is 0. The molecule has 0 N–H and O–H groups in total. The Morgan fingerprint density at radius 3 is 2.00 bits per heavy atom. The van der Waals surface area contributed by atoms with Crippen molar-refractivity contribution < 1.29 is 14.3 Å². The van der Waals surface area contributed by atoms with Gasteiger partial charge in [-0.25, -0.2) is 4.79 Å². The Balaban J connectivity index is 1.69. The molecular weight excluding hydrogens is 472 g/mol. The zero-order valence-electron chi connectivity index (χ0n) is 14.1. The summed E-state index contributed by atoms with van der Waals surface area (Å²) in [6.45, 7) is 0. The molecule has 3 nitrogen and oxygen atoms in total. The molecule has 0 aliphatic carbocycles. The molecule has 0 heterocycles. The molecule has 27 heavy (non-hydrogen) atoms. The third-order valence-electron chi connectivity index (χ3n) is 3.70. The van der Waals surface area contributed by atoms with Gasteiger partial charge in [-0.05, 0) is 72.3 Å². The smallest absolute Gasteiger partial charge is 0.343 e. The van der Waals surface area contributed by atoms with Gasteiger partial charge in [0.2, 0.25) is 0 Å². The third-order valence-corrected chi connectivity index (χ3v) is 4.76. The number of ketones is 1. The molecule has 3 rings (SSSR count). The van der Waals surface area contributed by atoms with Crippen LogP contribution in [0.4, 0.5) is 0 Å². The standard InChI is InChI=1S/C22H14Br2O3/c23-18-9-5-16(6-10-18)21(25)13-4-15-2-1-3-20(14-15)27-22(26)17-7-11-19(24)12-8-17/h1-14H/b13-4+. The number of ether oxygens (including phenoxy) is 1. The highest BCUT2D eigenvalue weighted by molar-refractivity contribution is 9.10. The van der Waals surface area contributed by atoms with E-state index in [1.54, 1.807) is 60.7 Å². The van der Waals surface area contributed by atoms with Crippen LogP contribution in [0, 0.1) is 0 Å². The summed E-state index contributed by atoms with van der Waals surface area (Å²) >= 11 is 6.68. The average Bonchev–Trinajstić information content (AvgIpc) is 2.67. The van der Waals surface area contributed by atoms with E-state index in [1.807, 2.05) is 18.2 Å². The molecule has 3 aromatic rings. The van der Waals surface area contributed by atoms with E-state index in [0.717, 1.165) is 14.5 Å². The molecule has 0 aliphatic rings. The predicted octanol–water partition coefficient (Wildman–Crippen LogP) is 6.33. The van der Waals surface area contributed by atoms with Crippen molar-refractivity contribution in [1.29, 1.82) is 0 Å². The van der Waals surface area contributed by atoms with Crippen molar-refractivity contribution in [3.05, 3.63) is 105 Å². The summed E-state index contributed by atoms with van der Waals surface area (Å²) in [5.74, 6) is -0.115. The van der Waals surface area contributed by atoms with Crippen molar-refractivity contribution in [2.75, 3.05) is 0 Å². The first kappa shape index (κ1) is 19.3. The molecular formula is C22H14Br2O3. The number of esters is 1. The van der Waals surface area contributed by atoms with Crippen LogP contribution in [0.3, 0.4) is 0 Å². The second-order valence-electron chi connectivity index (χ2n) is 5.67. The highest BCUT2D eigenvalue weighted by atomic mass is 79.9. The monoisotopic (exact) mass is 484 g/mol. The Hall–Kier alpha value is -2.50. The number of hydrogen-bond donors (Lipinski definition) is 0. The molecule has 5 heteroatoms. The van der Waals surface area contributed by atoms with Gasteiger partial charge in [0.1, 0.15) is 5.75 Å². The lowest BCUT2D eigenvalue weighted by Gasteiger charge is -2.05. The molecule has 0 unspecified atom stereocenters. The van der Waals surface area contributed by atoms with E-state index in [-0.39, 0.29) is 5.78 Å². The maximum Gasteiger partial charge on any atom is 0.343 e. The Kier molecular flexibility index (Phi) is 6.37. The van der Waals surface area contributed by atoms with Crippen molar-refractivity contribution in [2.24, 2.45) is 0 Å². The van der Waals surface area contributed by atoms with Crippen LogP contribution in [0.1, 0.15) is 26.3 Å². The number of carbonyl (C=O) groups is 2. The second kappa shape index (κ2) is 8.93. The number of allylic oxidation sites excluding steroid dienone is 1. The zero-order valence-corrected chi connectivity index (χ0v) is 17.2. The molecule has 134 valence electrons. The number of carbonyl (C=O) groups excluding carboxylic acids is 2. The Morgan fingerprint density at radius 2 is 1.37 bits per heavy atom. The molecule has 3 aromatic carbocycles. The SMILES string of the molecule is O=C(/C=C/c1cccc(OC(=O)c2ccc(Br)cc2)c1)c1ccc(Br)cc1. The maximum absolute atomic E-state index is 12.2. The number of halogens is 2. The molecule has 0 radical (unpaired) electrons. The topological polar surface area (TPSA) is 43.4 Å². The van der Waals surface area contributed by atoms with Crippen LogP contribution in [0.2, 0.25) is 0 Å². The van der Waals surface area contributed by atoms with Gasteiger partial charge >= 0.3 is 5.97 Å². The van der Waals surface area contributed by atoms with Gasteiger partial charge in [0, 0.05) is 14.5 Å². The molecule has 0 atom stereocenters. The van der Waals surface area contributed by atoms with Crippen LogP contribution < -0.4 is 4.74 Å². The third kappa shape index (κ3) is 5.49. The fourth-order valence-corrected chi connectivity index (χ4v) is 2.84. The highest BCUT2D eigenvalue weighted by Gasteiger charge is 2.08. The lowest BCUT2D eigenvalue weighted by atomic mass is 10.1. The van der Waals surface area contributed by atoms with Crippen molar-refractivity contribution in [1.82, 2.24) is 0 Å². The second-order valence-corrected chi connectivity index (χ2v) is 7.50. The molecule has 0 saturated heterocycles. The van der Waals surface area contributed by atoms with E-state index in [2.05, 4.69) is 31.9 Å². The lowest BCUT2D eigenvalue weighted by Crippen LogP contribution is -2.08. The molecule has 0 saturated carbocycles. The predicted molar refractivity (Wildman–Crippen MR) is 113 cm³/mol. The number of rotatable bonds is 5. The van der Waals surface area contributed by atoms with Gasteiger partial charge in [0.15, 0.2) is 5.78 Å². The minimum absolute atomic E-state index is 0.0974. The van der Waals surface area contributed by atoms with Crippen LogP contribution in [-0.2, 0) is 0 Å². The van der Waals surface area contributed by atoms with Crippen LogP contribution in [0.15, 0.2) is 87.8 Å². The van der Waals surface area contributed by atoms with Gasteiger partial charge in [-0.15, -0.1) is 0 Å². The first-order valence-electron chi connectivity index (χ1n) is 8.07. The average molecular weight is 486 g/mol. The van der Waals surface area contributed by atoms with Crippen molar-refractivity contribution >= 4 is 49.7 Å². The molecule has 0 bridgehead atoms. The van der Waals surface area contributed by atoms with Crippen molar-refractivity contribution in [3.63, 3.8) is 0 Å². The van der Waals surface area contributed by atoms with Gasteiger partial charge in [0.25, 0.3) is 0 Å². The van der Waals surface area contributed by atoms with Gasteiger partial charge in [0.05, 0.1) is 5.56 Å². The van der Waals surface area contributed by atoms with E-state index in [0.29, 0.717) is 16.9 Å². The van der Waals surface area contributed by atoms with Crippen LogP contribution in [-0.4, -0.2) is 11.8 Å². The van der Waals surface area contributed by atoms with Gasteiger partial charge < -0.3 is 4.74 Å². The van der Waals surface area contributed by atoms with Gasteiger partial charge in [-0.3, -0.25) is 4.79 Å². The van der Waals surface area contributed by atoms with Crippen molar-refractivity contribution in [2.45, 2.75) is 0 Å². The molecule has 0 amide bonds. The largest absolute Gasteiger partial charge is 0.423 e. The van der Waals surface area contributed by atoms with Crippen LogP contribution in [0.5, 0.6) is 5.75 Å². The van der Waals surface area contributed by atoms with Gasteiger partial charge in [-0.2, -0.15) is 0 Å². The van der Waals surface area contributed by atoms with Crippen LogP contribution >= 0.6 is 31.9 Å². The maximum atomic E-state index is 12.2. The zero-order chi connectivity index (χ0) is 19.2. The van der Waals surface area contributed by atoms with E-state index in [9.17, 15) is 9.59 Å². The summed E-state index contributed by atoms with van der Waals surface area (Å²) in [5.41, 5.74) is 1.83. The molecule has 0 fully saturated rings. The van der Waals surface area contributed by atoms with E-state index in [4.69, 9.17) is 4.74 Å². The number of hydrogen-bond acceptors (Lipinski definition) is 3. The fourth-order valence-electron chi connectivity index (χ4n) is 2.32.